The Labute approximate surface area is 201 Å². The van der Waals surface area contributed by atoms with Crippen LogP contribution < -0.4 is 15.4 Å². The monoisotopic (exact) mass is 479 g/mol. The number of thioether (sulfide) groups is 1. The number of nitrogens with one attached hydrogen (secondary N) is 2. The van der Waals surface area contributed by atoms with Gasteiger partial charge in [0.05, 0.1) is 25.1 Å². The van der Waals surface area contributed by atoms with Crippen molar-refractivity contribution >= 4 is 40.6 Å². The second-order valence-electron chi connectivity index (χ2n) is 6.97. The van der Waals surface area contributed by atoms with E-state index in [1.165, 1.54) is 11.8 Å². The molecule has 1 heterocycles. The molecule has 0 bridgehead atoms. The van der Waals surface area contributed by atoms with E-state index < -0.39 is 0 Å². The number of hydrogen-bond acceptors (Lipinski definition) is 6. The van der Waals surface area contributed by atoms with E-state index in [2.05, 4.69) is 20.8 Å². The molecule has 1 aromatic heterocycles. The number of methoxy groups -OCH3 is 1. The van der Waals surface area contributed by atoms with Gasteiger partial charge in [0.2, 0.25) is 5.91 Å². The lowest BCUT2D eigenvalue weighted by Gasteiger charge is -2.13. The number of hydrogen-bond donors (Lipinski definition) is 2. The number of carbonyl (C=O) groups is 1. The summed E-state index contributed by atoms with van der Waals surface area (Å²) in [6.45, 7) is 0.428. The topological polar surface area (TPSA) is 81.1 Å². The molecule has 0 saturated heterocycles. The molecule has 1 amide bonds. The average Bonchev–Trinajstić information content (AvgIpc) is 3.25. The molecule has 0 unspecified atom stereocenters. The van der Waals surface area contributed by atoms with Gasteiger partial charge in [0, 0.05) is 16.4 Å². The molecule has 7 nitrogen and oxygen atoms in total. The van der Waals surface area contributed by atoms with Crippen LogP contribution in [0.4, 0.5) is 11.4 Å². The minimum Gasteiger partial charge on any atom is -0.495 e. The predicted octanol–water partition coefficient (Wildman–Crippen LogP) is 5.27. The third-order valence-corrected chi connectivity index (χ3v) is 5.86. The first-order chi connectivity index (χ1) is 16.1. The highest BCUT2D eigenvalue weighted by Gasteiger charge is 2.16. The fourth-order valence-corrected chi connectivity index (χ4v) is 4.16. The van der Waals surface area contributed by atoms with E-state index in [1.54, 1.807) is 31.4 Å². The highest BCUT2D eigenvalue weighted by Crippen LogP contribution is 2.26. The van der Waals surface area contributed by atoms with Crippen molar-refractivity contribution in [1.29, 1.82) is 0 Å². The molecule has 0 radical (unpaired) electrons. The molecule has 168 valence electrons. The van der Waals surface area contributed by atoms with Crippen molar-refractivity contribution in [3.8, 4) is 11.4 Å². The van der Waals surface area contributed by atoms with Gasteiger partial charge in [-0.3, -0.25) is 9.36 Å². The molecule has 0 aliphatic rings. The molecule has 4 aromatic rings. The normalized spacial score (nSPS) is 10.6. The first-order valence-electron chi connectivity index (χ1n) is 10.2. The predicted molar refractivity (Wildman–Crippen MR) is 132 cm³/mol. The van der Waals surface area contributed by atoms with E-state index in [0.717, 1.165) is 17.1 Å². The molecule has 2 N–H and O–H groups in total. The lowest BCUT2D eigenvalue weighted by Crippen LogP contribution is -2.15. The maximum atomic E-state index is 12.5. The van der Waals surface area contributed by atoms with Crippen molar-refractivity contribution in [2.24, 2.45) is 0 Å². The van der Waals surface area contributed by atoms with Crippen LogP contribution in [0.5, 0.6) is 5.75 Å². The molecular weight excluding hydrogens is 458 g/mol. The van der Waals surface area contributed by atoms with Crippen molar-refractivity contribution in [2.75, 3.05) is 23.5 Å². The first-order valence-corrected chi connectivity index (χ1v) is 11.5. The molecule has 0 saturated carbocycles. The summed E-state index contributed by atoms with van der Waals surface area (Å²) in [4.78, 5) is 12.5. The van der Waals surface area contributed by atoms with Gasteiger partial charge >= 0.3 is 0 Å². The Kier molecular flexibility index (Phi) is 7.49. The molecule has 0 aliphatic heterocycles. The summed E-state index contributed by atoms with van der Waals surface area (Å²) in [6, 6.07) is 24.5. The summed E-state index contributed by atoms with van der Waals surface area (Å²) < 4.78 is 7.36. The number of halogens is 1. The van der Waals surface area contributed by atoms with Crippen LogP contribution >= 0.6 is 23.4 Å². The van der Waals surface area contributed by atoms with Crippen LogP contribution in [0.1, 0.15) is 5.82 Å². The summed E-state index contributed by atoms with van der Waals surface area (Å²) in [5.74, 6) is 1.48. The quantitative estimate of drug-likeness (QED) is 0.318. The van der Waals surface area contributed by atoms with Crippen molar-refractivity contribution < 1.29 is 9.53 Å². The van der Waals surface area contributed by atoms with Crippen LogP contribution in [0.15, 0.2) is 84.0 Å². The number of aromatic nitrogens is 3. The van der Waals surface area contributed by atoms with Crippen LogP contribution in [-0.4, -0.2) is 33.5 Å². The summed E-state index contributed by atoms with van der Waals surface area (Å²) >= 11 is 7.31. The number of anilines is 2. The van der Waals surface area contributed by atoms with E-state index in [0.29, 0.717) is 28.2 Å². The van der Waals surface area contributed by atoms with E-state index in [-0.39, 0.29) is 11.7 Å². The minimum absolute atomic E-state index is 0.154. The van der Waals surface area contributed by atoms with E-state index in [9.17, 15) is 4.79 Å². The summed E-state index contributed by atoms with van der Waals surface area (Å²) in [5.41, 5.74) is 2.43. The Morgan fingerprint density at radius 3 is 2.61 bits per heavy atom. The number of para-hydroxylation sites is 3. The minimum atomic E-state index is -0.154. The number of ether oxygens (including phenoxy) is 1. The molecule has 0 atom stereocenters. The standard InChI is InChI=1S/C24H22ClN5O2S/c1-32-21-13-6-5-12-20(21)26-15-22-28-29-24(30(22)19-10-3-2-4-11-19)33-16-23(31)27-18-9-7-8-17(25)14-18/h2-14,26H,15-16H2,1H3,(H,27,31). The largest absolute Gasteiger partial charge is 0.495 e. The SMILES string of the molecule is COc1ccccc1NCc1nnc(SCC(=O)Nc2cccc(Cl)c2)n1-c1ccccc1. The van der Waals surface area contributed by atoms with Gasteiger partial charge in [-0.2, -0.15) is 0 Å². The second-order valence-corrected chi connectivity index (χ2v) is 8.35. The highest BCUT2D eigenvalue weighted by atomic mass is 35.5. The number of carbonyl (C=O) groups excluding carboxylic acids is 1. The van der Waals surface area contributed by atoms with E-state index in [4.69, 9.17) is 16.3 Å². The summed E-state index contributed by atoms with van der Waals surface area (Å²) in [5, 5.41) is 16.1. The van der Waals surface area contributed by atoms with Crippen LogP contribution in [0.3, 0.4) is 0 Å². The molecule has 33 heavy (non-hydrogen) atoms. The third-order valence-electron chi connectivity index (χ3n) is 4.70. The zero-order valence-electron chi connectivity index (χ0n) is 17.9. The molecule has 0 aliphatic carbocycles. The molecule has 3 aromatic carbocycles. The van der Waals surface area contributed by atoms with Gasteiger partial charge in [0.1, 0.15) is 5.75 Å². The van der Waals surface area contributed by atoms with Crippen molar-refractivity contribution in [2.45, 2.75) is 11.7 Å². The van der Waals surface area contributed by atoms with Crippen LogP contribution in [0.25, 0.3) is 5.69 Å². The Bertz CT molecular complexity index is 1230. The Balaban J connectivity index is 1.50. The van der Waals surface area contributed by atoms with Crippen molar-refractivity contribution in [3.63, 3.8) is 0 Å². The lowest BCUT2D eigenvalue weighted by atomic mass is 10.3. The molecule has 4 rings (SSSR count). The lowest BCUT2D eigenvalue weighted by molar-refractivity contribution is -0.113. The smallest absolute Gasteiger partial charge is 0.234 e. The van der Waals surface area contributed by atoms with Gasteiger partial charge in [-0.15, -0.1) is 10.2 Å². The van der Waals surface area contributed by atoms with Crippen molar-refractivity contribution in [3.05, 3.63) is 89.7 Å². The summed E-state index contributed by atoms with van der Waals surface area (Å²) in [7, 11) is 1.64. The van der Waals surface area contributed by atoms with Gasteiger partial charge in [-0.1, -0.05) is 59.8 Å². The Morgan fingerprint density at radius 2 is 1.82 bits per heavy atom. The van der Waals surface area contributed by atoms with Gasteiger partial charge in [0.25, 0.3) is 0 Å². The Hall–Kier alpha value is -3.49. The van der Waals surface area contributed by atoms with Gasteiger partial charge in [-0.25, -0.2) is 0 Å². The zero-order chi connectivity index (χ0) is 23.0. The second kappa shape index (κ2) is 10.9. The highest BCUT2D eigenvalue weighted by molar-refractivity contribution is 7.99. The number of benzene rings is 3. The number of rotatable bonds is 9. The van der Waals surface area contributed by atoms with E-state index >= 15 is 0 Å². The van der Waals surface area contributed by atoms with Crippen molar-refractivity contribution in [1.82, 2.24) is 14.8 Å². The van der Waals surface area contributed by atoms with Gasteiger partial charge in [-0.05, 0) is 42.5 Å². The van der Waals surface area contributed by atoms with Crippen LogP contribution in [0, 0.1) is 0 Å². The molecule has 0 spiro atoms. The van der Waals surface area contributed by atoms with Crippen LogP contribution in [-0.2, 0) is 11.3 Å². The fraction of sp³-hybridized carbons (Fsp3) is 0.125. The molecule has 9 heteroatoms. The maximum absolute atomic E-state index is 12.5. The Morgan fingerprint density at radius 1 is 1.03 bits per heavy atom. The maximum Gasteiger partial charge on any atom is 0.234 e. The summed E-state index contributed by atoms with van der Waals surface area (Å²) in [6.07, 6.45) is 0. The fourth-order valence-electron chi connectivity index (χ4n) is 3.20. The number of amides is 1. The molecule has 0 fully saturated rings. The van der Waals surface area contributed by atoms with Gasteiger partial charge in [0.15, 0.2) is 11.0 Å². The average molecular weight is 480 g/mol. The number of nitrogens with zero attached hydrogens (tertiary/aromatic N) is 3. The van der Waals surface area contributed by atoms with E-state index in [1.807, 2.05) is 59.2 Å². The third kappa shape index (κ3) is 5.85. The molecular formula is C24H22ClN5O2S. The van der Waals surface area contributed by atoms with Gasteiger partial charge < -0.3 is 15.4 Å². The first kappa shape index (κ1) is 22.7. The van der Waals surface area contributed by atoms with Crippen LogP contribution in [0.2, 0.25) is 5.02 Å². The zero-order valence-corrected chi connectivity index (χ0v) is 19.4.